The lowest BCUT2D eigenvalue weighted by Crippen LogP contribution is -2.19. The van der Waals surface area contributed by atoms with E-state index in [2.05, 4.69) is 9.71 Å². The second-order valence-corrected chi connectivity index (χ2v) is 5.12. The highest BCUT2D eigenvalue weighted by molar-refractivity contribution is 7.92. The molecule has 0 saturated heterocycles. The highest BCUT2D eigenvalue weighted by Gasteiger charge is 2.09. The fourth-order valence-corrected chi connectivity index (χ4v) is 2.15. The summed E-state index contributed by atoms with van der Waals surface area (Å²) in [4.78, 5) is 3.91. The van der Waals surface area contributed by atoms with Gasteiger partial charge in [-0.3, -0.25) is 4.72 Å². The van der Waals surface area contributed by atoms with Crippen LogP contribution in [0.1, 0.15) is 12.0 Å². The van der Waals surface area contributed by atoms with Gasteiger partial charge in [-0.2, -0.15) is 0 Å². The number of aromatic nitrogens is 1. The Morgan fingerprint density at radius 3 is 2.87 bits per heavy atom. The molecule has 0 fully saturated rings. The van der Waals surface area contributed by atoms with Gasteiger partial charge in [-0.25, -0.2) is 13.4 Å². The minimum atomic E-state index is -3.31. The maximum Gasteiger partial charge on any atom is 0.233 e. The molecule has 0 aliphatic carbocycles. The van der Waals surface area contributed by atoms with Gasteiger partial charge in [0, 0.05) is 6.20 Å². The normalized spacial score (nSPS) is 11.3. The molecule has 1 aromatic rings. The molecule has 1 rings (SSSR count). The highest BCUT2D eigenvalue weighted by Crippen LogP contribution is 2.07. The molecule has 0 aromatic carbocycles. The molecule has 0 radical (unpaired) electrons. The average molecular weight is 229 g/mol. The van der Waals surface area contributed by atoms with E-state index in [1.54, 1.807) is 18.3 Å². The topological polar surface area (TPSA) is 85.1 Å². The zero-order valence-corrected chi connectivity index (χ0v) is 9.42. The number of sulfonamides is 1. The Bertz CT molecular complexity index is 417. The lowest BCUT2D eigenvalue weighted by Gasteiger charge is -2.06. The third-order valence-corrected chi connectivity index (χ3v) is 3.14. The zero-order chi connectivity index (χ0) is 11.3. The number of anilines is 1. The minimum absolute atomic E-state index is 0.0269. The summed E-state index contributed by atoms with van der Waals surface area (Å²) in [5.41, 5.74) is 6.21. The number of nitrogens with two attached hydrogens (primary N) is 1. The van der Waals surface area contributed by atoms with Gasteiger partial charge in [-0.1, -0.05) is 0 Å². The molecule has 0 spiro atoms. The molecule has 0 aliphatic heterocycles. The predicted molar refractivity (Wildman–Crippen MR) is 60.1 cm³/mol. The summed E-state index contributed by atoms with van der Waals surface area (Å²) in [6.45, 7) is 2.24. The maximum atomic E-state index is 11.5. The van der Waals surface area contributed by atoms with Gasteiger partial charge in [0.2, 0.25) is 10.0 Å². The SMILES string of the molecule is Cc1ccnc(NS(=O)(=O)CCCN)c1. The van der Waals surface area contributed by atoms with Crippen molar-refractivity contribution in [1.82, 2.24) is 4.98 Å². The summed E-state index contributed by atoms with van der Waals surface area (Å²) in [5, 5.41) is 0. The molecule has 15 heavy (non-hydrogen) atoms. The fourth-order valence-electron chi connectivity index (χ4n) is 1.08. The van der Waals surface area contributed by atoms with E-state index in [4.69, 9.17) is 5.73 Å². The number of nitrogens with one attached hydrogen (secondary N) is 1. The van der Waals surface area contributed by atoms with Crippen LogP contribution in [0, 0.1) is 6.92 Å². The average Bonchev–Trinajstić information content (AvgIpc) is 2.14. The van der Waals surface area contributed by atoms with Crippen molar-refractivity contribution in [2.75, 3.05) is 17.0 Å². The Morgan fingerprint density at radius 2 is 2.27 bits per heavy atom. The Balaban J connectivity index is 2.69. The molecule has 0 bridgehead atoms. The third kappa shape index (κ3) is 4.26. The number of rotatable bonds is 5. The Hall–Kier alpha value is -1.14. The third-order valence-electron chi connectivity index (χ3n) is 1.79. The lowest BCUT2D eigenvalue weighted by molar-refractivity contribution is 0.598. The van der Waals surface area contributed by atoms with Crippen LogP contribution in [0.2, 0.25) is 0 Å². The second-order valence-electron chi connectivity index (χ2n) is 3.28. The molecule has 1 heterocycles. The number of pyridine rings is 1. The molecular weight excluding hydrogens is 214 g/mol. The Kier molecular flexibility index (Phi) is 4.05. The van der Waals surface area contributed by atoms with E-state index in [0.29, 0.717) is 18.8 Å². The largest absolute Gasteiger partial charge is 0.330 e. The first kappa shape index (κ1) is 11.9. The van der Waals surface area contributed by atoms with Crippen LogP contribution in [0.3, 0.4) is 0 Å². The quantitative estimate of drug-likeness (QED) is 0.769. The molecule has 6 heteroatoms. The van der Waals surface area contributed by atoms with Crippen molar-refractivity contribution in [3.8, 4) is 0 Å². The molecule has 1 aromatic heterocycles. The molecule has 84 valence electrons. The highest BCUT2D eigenvalue weighted by atomic mass is 32.2. The smallest absolute Gasteiger partial charge is 0.233 e. The first-order chi connectivity index (χ1) is 7.03. The van der Waals surface area contributed by atoms with E-state index in [1.165, 1.54) is 0 Å². The molecular formula is C9H15N3O2S. The molecule has 0 unspecified atom stereocenters. The first-order valence-corrected chi connectivity index (χ1v) is 6.32. The van der Waals surface area contributed by atoms with Crippen molar-refractivity contribution < 1.29 is 8.42 Å². The number of hydrogen-bond acceptors (Lipinski definition) is 4. The van der Waals surface area contributed by atoms with Crippen molar-refractivity contribution in [3.05, 3.63) is 23.9 Å². The summed E-state index contributed by atoms with van der Waals surface area (Å²) in [6, 6.07) is 3.48. The van der Waals surface area contributed by atoms with Crippen LogP contribution in [0.5, 0.6) is 0 Å². The lowest BCUT2D eigenvalue weighted by atomic mass is 10.3. The van der Waals surface area contributed by atoms with E-state index >= 15 is 0 Å². The fraction of sp³-hybridized carbons (Fsp3) is 0.444. The maximum absolute atomic E-state index is 11.5. The van der Waals surface area contributed by atoms with Crippen LogP contribution < -0.4 is 10.5 Å². The van der Waals surface area contributed by atoms with Crippen molar-refractivity contribution in [2.24, 2.45) is 5.73 Å². The van der Waals surface area contributed by atoms with Gasteiger partial charge in [0.15, 0.2) is 0 Å². The second kappa shape index (κ2) is 5.09. The molecule has 0 saturated carbocycles. The van der Waals surface area contributed by atoms with E-state index < -0.39 is 10.0 Å². The first-order valence-electron chi connectivity index (χ1n) is 4.67. The van der Waals surface area contributed by atoms with Gasteiger partial charge >= 0.3 is 0 Å². The molecule has 0 amide bonds. The van der Waals surface area contributed by atoms with Gasteiger partial charge in [0.05, 0.1) is 5.75 Å². The Morgan fingerprint density at radius 1 is 1.53 bits per heavy atom. The van der Waals surface area contributed by atoms with E-state index in [9.17, 15) is 8.42 Å². The van der Waals surface area contributed by atoms with E-state index in [1.807, 2.05) is 6.92 Å². The van der Waals surface area contributed by atoms with Gasteiger partial charge in [-0.15, -0.1) is 0 Å². The molecule has 0 atom stereocenters. The van der Waals surface area contributed by atoms with Crippen molar-refractivity contribution in [3.63, 3.8) is 0 Å². The Labute approximate surface area is 89.8 Å². The summed E-state index contributed by atoms with van der Waals surface area (Å²) >= 11 is 0. The van der Waals surface area contributed by atoms with Crippen LogP contribution in [0.25, 0.3) is 0 Å². The van der Waals surface area contributed by atoms with Crippen LogP contribution in [-0.4, -0.2) is 25.7 Å². The summed E-state index contributed by atoms with van der Waals surface area (Å²) in [5.74, 6) is 0.381. The standard InChI is InChI=1S/C9H15N3O2S/c1-8-3-5-11-9(7-8)12-15(13,14)6-2-4-10/h3,5,7H,2,4,6,10H2,1H3,(H,11,12). The van der Waals surface area contributed by atoms with Gasteiger partial charge in [0.25, 0.3) is 0 Å². The molecule has 3 N–H and O–H groups in total. The number of aryl methyl sites for hydroxylation is 1. The zero-order valence-electron chi connectivity index (χ0n) is 8.60. The number of nitrogens with zero attached hydrogens (tertiary/aromatic N) is 1. The molecule has 0 aliphatic rings. The summed E-state index contributed by atoms with van der Waals surface area (Å²) < 4.78 is 25.3. The van der Waals surface area contributed by atoms with Crippen LogP contribution >= 0.6 is 0 Å². The van der Waals surface area contributed by atoms with E-state index in [0.717, 1.165) is 5.56 Å². The van der Waals surface area contributed by atoms with Gasteiger partial charge in [-0.05, 0) is 37.6 Å². The van der Waals surface area contributed by atoms with Gasteiger partial charge < -0.3 is 5.73 Å². The summed E-state index contributed by atoms with van der Waals surface area (Å²) in [7, 11) is -3.31. The molecule has 5 nitrogen and oxygen atoms in total. The van der Waals surface area contributed by atoms with Crippen molar-refractivity contribution in [2.45, 2.75) is 13.3 Å². The van der Waals surface area contributed by atoms with Crippen molar-refractivity contribution >= 4 is 15.8 Å². The monoisotopic (exact) mass is 229 g/mol. The van der Waals surface area contributed by atoms with Crippen LogP contribution in [-0.2, 0) is 10.0 Å². The van der Waals surface area contributed by atoms with E-state index in [-0.39, 0.29) is 5.75 Å². The van der Waals surface area contributed by atoms with Gasteiger partial charge in [0.1, 0.15) is 5.82 Å². The van der Waals surface area contributed by atoms with Crippen LogP contribution in [0.15, 0.2) is 18.3 Å². The van der Waals surface area contributed by atoms with Crippen LogP contribution in [0.4, 0.5) is 5.82 Å². The number of hydrogen-bond donors (Lipinski definition) is 2. The minimum Gasteiger partial charge on any atom is -0.330 e. The van der Waals surface area contributed by atoms with Crippen molar-refractivity contribution in [1.29, 1.82) is 0 Å². The summed E-state index contributed by atoms with van der Waals surface area (Å²) in [6.07, 6.45) is 2.01. The predicted octanol–water partition coefficient (Wildman–Crippen LogP) is 0.481.